The van der Waals surface area contributed by atoms with Crippen LogP contribution in [0.4, 0.5) is 10.5 Å². The van der Waals surface area contributed by atoms with Gasteiger partial charge in [-0.1, -0.05) is 6.07 Å². The van der Waals surface area contributed by atoms with Gasteiger partial charge in [0.25, 0.3) is 0 Å². The minimum absolute atomic E-state index is 0.155. The first-order valence-corrected chi connectivity index (χ1v) is 5.75. The fourth-order valence-corrected chi connectivity index (χ4v) is 1.61. The Balaban J connectivity index is 1.96. The summed E-state index contributed by atoms with van der Waals surface area (Å²) in [5, 5.41) is 20.7. The number of nitriles is 1. The first kappa shape index (κ1) is 12.6. The van der Waals surface area contributed by atoms with Gasteiger partial charge in [0.15, 0.2) is 0 Å². The molecule has 0 saturated carbocycles. The second kappa shape index (κ2) is 5.69. The molecule has 0 aliphatic heterocycles. The van der Waals surface area contributed by atoms with E-state index in [-0.39, 0.29) is 12.1 Å². The molecule has 0 aliphatic carbocycles. The molecule has 1 aromatic carbocycles. The minimum atomic E-state index is -0.330. The van der Waals surface area contributed by atoms with Crippen LogP contribution in [-0.2, 0) is 0 Å². The van der Waals surface area contributed by atoms with Crippen LogP contribution in [0.2, 0.25) is 0 Å². The van der Waals surface area contributed by atoms with Crippen LogP contribution in [0.5, 0.6) is 0 Å². The second-order valence-corrected chi connectivity index (χ2v) is 4.04. The van der Waals surface area contributed by atoms with Crippen molar-refractivity contribution in [2.45, 2.75) is 13.0 Å². The second-order valence-electron chi connectivity index (χ2n) is 4.04. The third kappa shape index (κ3) is 3.33. The van der Waals surface area contributed by atoms with Gasteiger partial charge in [-0.3, -0.25) is 5.10 Å². The molecule has 2 amide bonds. The Kier molecular flexibility index (Phi) is 3.78. The van der Waals surface area contributed by atoms with E-state index in [9.17, 15) is 4.79 Å². The van der Waals surface area contributed by atoms with Crippen molar-refractivity contribution in [3.05, 3.63) is 47.8 Å². The number of hydrogen-bond donors (Lipinski definition) is 3. The Morgan fingerprint density at radius 3 is 3.05 bits per heavy atom. The molecule has 0 fully saturated rings. The number of amides is 2. The van der Waals surface area contributed by atoms with Crippen LogP contribution in [0.25, 0.3) is 0 Å². The van der Waals surface area contributed by atoms with Gasteiger partial charge in [0.05, 0.1) is 23.9 Å². The van der Waals surface area contributed by atoms with E-state index in [1.165, 1.54) is 0 Å². The van der Waals surface area contributed by atoms with Crippen molar-refractivity contribution in [1.82, 2.24) is 15.5 Å². The van der Waals surface area contributed by atoms with Crippen molar-refractivity contribution < 1.29 is 4.79 Å². The lowest BCUT2D eigenvalue weighted by molar-refractivity contribution is 0.249. The number of urea groups is 1. The van der Waals surface area contributed by atoms with Crippen LogP contribution in [0.3, 0.4) is 0 Å². The lowest BCUT2D eigenvalue weighted by atomic mass is 10.2. The summed E-state index contributed by atoms with van der Waals surface area (Å²) in [5.74, 6) is 0. The lowest BCUT2D eigenvalue weighted by Crippen LogP contribution is -2.30. The molecule has 1 aromatic heterocycles. The van der Waals surface area contributed by atoms with Gasteiger partial charge >= 0.3 is 6.03 Å². The summed E-state index contributed by atoms with van der Waals surface area (Å²) < 4.78 is 0. The van der Waals surface area contributed by atoms with E-state index in [1.54, 1.807) is 36.7 Å². The van der Waals surface area contributed by atoms with Gasteiger partial charge in [-0.2, -0.15) is 10.4 Å². The van der Waals surface area contributed by atoms with Crippen LogP contribution in [-0.4, -0.2) is 16.2 Å². The zero-order chi connectivity index (χ0) is 13.7. The number of nitrogens with one attached hydrogen (secondary N) is 3. The highest BCUT2D eigenvalue weighted by atomic mass is 16.2. The maximum Gasteiger partial charge on any atom is 0.319 e. The van der Waals surface area contributed by atoms with Crippen LogP contribution in [0.15, 0.2) is 36.7 Å². The zero-order valence-corrected chi connectivity index (χ0v) is 10.3. The number of carbonyl (C=O) groups excluding carboxylic acids is 1. The van der Waals surface area contributed by atoms with Gasteiger partial charge in [0, 0.05) is 17.4 Å². The molecule has 6 nitrogen and oxygen atoms in total. The molecule has 1 heterocycles. The number of carbonyl (C=O) groups is 1. The first-order valence-electron chi connectivity index (χ1n) is 5.75. The van der Waals surface area contributed by atoms with E-state index in [0.29, 0.717) is 11.3 Å². The monoisotopic (exact) mass is 255 g/mol. The van der Waals surface area contributed by atoms with Gasteiger partial charge in [-0.05, 0) is 25.1 Å². The highest BCUT2D eigenvalue weighted by Crippen LogP contribution is 2.12. The van der Waals surface area contributed by atoms with E-state index < -0.39 is 0 Å². The molecule has 0 spiro atoms. The van der Waals surface area contributed by atoms with Crippen molar-refractivity contribution in [1.29, 1.82) is 5.26 Å². The summed E-state index contributed by atoms with van der Waals surface area (Å²) in [6.07, 6.45) is 3.38. The van der Waals surface area contributed by atoms with E-state index in [1.807, 2.05) is 13.0 Å². The third-order valence-corrected chi connectivity index (χ3v) is 2.62. The maximum atomic E-state index is 11.8. The van der Waals surface area contributed by atoms with Crippen molar-refractivity contribution in [2.75, 3.05) is 5.32 Å². The molecular weight excluding hydrogens is 242 g/mol. The fourth-order valence-electron chi connectivity index (χ4n) is 1.61. The fraction of sp³-hybridized carbons (Fsp3) is 0.154. The quantitative estimate of drug-likeness (QED) is 0.784. The largest absolute Gasteiger partial charge is 0.331 e. The lowest BCUT2D eigenvalue weighted by Gasteiger charge is -2.13. The zero-order valence-electron chi connectivity index (χ0n) is 10.3. The van der Waals surface area contributed by atoms with Crippen molar-refractivity contribution in [3.8, 4) is 6.07 Å². The standard InChI is InChI=1S/C13H13N5O/c1-9(11-7-15-16-8-11)17-13(19)18-12-4-2-3-10(5-12)6-14/h2-5,7-9H,1H3,(H,15,16)(H2,17,18,19). The van der Waals surface area contributed by atoms with Crippen LogP contribution < -0.4 is 10.6 Å². The summed E-state index contributed by atoms with van der Waals surface area (Å²) >= 11 is 0. The molecule has 6 heteroatoms. The number of anilines is 1. The van der Waals surface area contributed by atoms with Crippen LogP contribution >= 0.6 is 0 Å². The highest BCUT2D eigenvalue weighted by molar-refractivity contribution is 5.89. The number of H-pyrrole nitrogens is 1. The number of rotatable bonds is 3. The molecule has 1 unspecified atom stereocenters. The molecule has 1 atom stereocenters. The number of benzene rings is 1. The SMILES string of the molecule is CC(NC(=O)Nc1cccc(C#N)c1)c1cn[nH]c1. The number of aromatic nitrogens is 2. The summed E-state index contributed by atoms with van der Waals surface area (Å²) in [6, 6.07) is 8.27. The third-order valence-electron chi connectivity index (χ3n) is 2.62. The molecule has 0 radical (unpaired) electrons. The van der Waals surface area contributed by atoms with E-state index >= 15 is 0 Å². The minimum Gasteiger partial charge on any atom is -0.331 e. The van der Waals surface area contributed by atoms with E-state index in [4.69, 9.17) is 5.26 Å². The molecule has 2 aromatic rings. The molecule has 0 bridgehead atoms. The summed E-state index contributed by atoms with van der Waals surface area (Å²) in [6.45, 7) is 1.86. The maximum absolute atomic E-state index is 11.8. The molecular formula is C13H13N5O. The average molecular weight is 255 g/mol. The summed E-state index contributed by atoms with van der Waals surface area (Å²) in [7, 11) is 0. The Morgan fingerprint density at radius 2 is 2.37 bits per heavy atom. The Morgan fingerprint density at radius 1 is 1.53 bits per heavy atom. The topological polar surface area (TPSA) is 93.6 Å². The van der Waals surface area contributed by atoms with Crippen molar-refractivity contribution >= 4 is 11.7 Å². The van der Waals surface area contributed by atoms with Crippen LogP contribution in [0.1, 0.15) is 24.1 Å². The average Bonchev–Trinajstić information content (AvgIpc) is 2.92. The molecule has 19 heavy (non-hydrogen) atoms. The predicted octanol–water partition coefficient (Wildman–Crippen LogP) is 2.16. The smallest absolute Gasteiger partial charge is 0.319 e. The van der Waals surface area contributed by atoms with E-state index in [0.717, 1.165) is 5.56 Å². The summed E-state index contributed by atoms with van der Waals surface area (Å²) in [5.41, 5.74) is 1.97. The molecule has 2 rings (SSSR count). The molecule has 0 saturated heterocycles. The molecule has 96 valence electrons. The van der Waals surface area contributed by atoms with Crippen molar-refractivity contribution in [3.63, 3.8) is 0 Å². The van der Waals surface area contributed by atoms with Gasteiger partial charge in [-0.15, -0.1) is 0 Å². The molecule has 0 aliphatic rings. The van der Waals surface area contributed by atoms with Gasteiger partial charge < -0.3 is 10.6 Å². The summed E-state index contributed by atoms with van der Waals surface area (Å²) in [4.78, 5) is 11.8. The Hall–Kier alpha value is -2.81. The number of aromatic amines is 1. The van der Waals surface area contributed by atoms with Gasteiger partial charge in [0.1, 0.15) is 0 Å². The van der Waals surface area contributed by atoms with Gasteiger partial charge in [0.2, 0.25) is 0 Å². The number of hydrogen-bond acceptors (Lipinski definition) is 3. The molecule has 3 N–H and O–H groups in total. The first-order chi connectivity index (χ1) is 9.19. The van der Waals surface area contributed by atoms with E-state index in [2.05, 4.69) is 20.8 Å². The normalized spacial score (nSPS) is 11.4. The Labute approximate surface area is 110 Å². The highest BCUT2D eigenvalue weighted by Gasteiger charge is 2.10. The van der Waals surface area contributed by atoms with Gasteiger partial charge in [-0.25, -0.2) is 4.79 Å². The van der Waals surface area contributed by atoms with Crippen molar-refractivity contribution in [2.24, 2.45) is 0 Å². The van der Waals surface area contributed by atoms with Crippen LogP contribution in [0, 0.1) is 11.3 Å². The Bertz CT molecular complexity index is 600. The number of nitrogens with zero attached hydrogens (tertiary/aromatic N) is 2. The predicted molar refractivity (Wildman–Crippen MR) is 70.3 cm³/mol.